The van der Waals surface area contributed by atoms with E-state index in [2.05, 4.69) is 13.2 Å². The van der Waals surface area contributed by atoms with Crippen molar-refractivity contribution in [2.45, 2.75) is 58.5 Å². The minimum Gasteiger partial charge on any atom is -0.462 e. The minimum absolute atomic E-state index is 0.0261. The molecule has 0 rings (SSSR count). The molecule has 0 aromatic rings. The Labute approximate surface area is 200 Å². The Morgan fingerprint density at radius 3 is 1.69 bits per heavy atom. The van der Waals surface area contributed by atoms with Gasteiger partial charge in [-0.2, -0.15) is 0 Å². The molecule has 0 unspecified atom stereocenters. The average Bonchev–Trinajstić information content (AvgIpc) is 2.77. The highest BCUT2D eigenvalue weighted by atomic mass is 28.2. The lowest BCUT2D eigenvalue weighted by molar-refractivity contribution is -0.139. The van der Waals surface area contributed by atoms with Gasteiger partial charge in [0.05, 0.1) is 22.7 Å². The van der Waals surface area contributed by atoms with Crippen molar-refractivity contribution in [1.29, 1.82) is 0 Å². The van der Waals surface area contributed by atoms with Crippen LogP contribution in [0.5, 0.6) is 0 Å². The Morgan fingerprint density at radius 2 is 1.34 bits per heavy atom. The summed E-state index contributed by atoms with van der Waals surface area (Å²) in [5.74, 6) is -0.608. The van der Waals surface area contributed by atoms with Gasteiger partial charge in [0.2, 0.25) is 6.79 Å². The Morgan fingerprint density at radius 1 is 0.906 bits per heavy atom. The van der Waals surface area contributed by atoms with Gasteiger partial charge in [-0.1, -0.05) is 25.2 Å². The monoisotopic (exact) mass is 493 g/mol. The Balaban J connectivity index is -0.000000427. The molecular weight excluding hydrogens is 448 g/mol. The van der Waals surface area contributed by atoms with Crippen molar-refractivity contribution >= 4 is 31.7 Å². The predicted molar refractivity (Wildman–Crippen MR) is 134 cm³/mol. The predicted octanol–water partition coefficient (Wildman–Crippen LogP) is 2.12. The summed E-state index contributed by atoms with van der Waals surface area (Å²) in [6.45, 7) is 17.8. The van der Waals surface area contributed by atoms with Gasteiger partial charge in [-0.05, 0) is 40.5 Å². The minimum atomic E-state index is -0.397. The highest BCUT2D eigenvalue weighted by Gasteiger charge is 2.06. The SMILES string of the molecule is C=C(C)C(=O)OCCC[SiH2]C(OC)OC.C=C(C)C(=O)OCCC[SiH3].CCO[CH]OCC. The fraction of sp³-hybridized carbons (Fsp3) is 0.682. The second-order valence-corrected chi connectivity index (χ2v) is 9.54. The molecule has 0 N–H and O–H groups in total. The molecule has 189 valence electrons. The van der Waals surface area contributed by atoms with Crippen molar-refractivity contribution in [1.82, 2.24) is 0 Å². The molecule has 1 radical (unpaired) electrons. The number of hydrogen-bond donors (Lipinski definition) is 0. The number of carbonyl (C=O) groups is 2. The van der Waals surface area contributed by atoms with Crippen LogP contribution in [0.25, 0.3) is 0 Å². The van der Waals surface area contributed by atoms with Gasteiger partial charge >= 0.3 is 11.9 Å². The molecule has 0 saturated carbocycles. The zero-order valence-electron chi connectivity index (χ0n) is 21.2. The summed E-state index contributed by atoms with van der Waals surface area (Å²) < 4.78 is 29.4. The maximum atomic E-state index is 11.0. The molecular formula is C22H45O8Si2. The van der Waals surface area contributed by atoms with Crippen molar-refractivity contribution in [2.24, 2.45) is 0 Å². The zero-order chi connectivity index (χ0) is 25.2. The molecule has 0 aliphatic carbocycles. The topological polar surface area (TPSA) is 89.5 Å². The fourth-order valence-corrected chi connectivity index (χ4v) is 3.24. The molecule has 0 spiro atoms. The van der Waals surface area contributed by atoms with Gasteiger partial charge in [0.1, 0.15) is 5.91 Å². The highest BCUT2D eigenvalue weighted by Crippen LogP contribution is 1.99. The maximum Gasteiger partial charge on any atom is 0.333 e. The van der Waals surface area contributed by atoms with Crippen molar-refractivity contribution in [3.8, 4) is 0 Å². The van der Waals surface area contributed by atoms with Crippen molar-refractivity contribution < 1.29 is 38.0 Å². The number of esters is 2. The van der Waals surface area contributed by atoms with Gasteiger partial charge in [-0.15, -0.1) is 0 Å². The molecule has 0 aliphatic heterocycles. The van der Waals surface area contributed by atoms with Crippen molar-refractivity contribution in [2.75, 3.05) is 40.6 Å². The quantitative estimate of drug-likeness (QED) is 0.106. The van der Waals surface area contributed by atoms with Gasteiger partial charge < -0.3 is 28.4 Å². The number of methoxy groups -OCH3 is 2. The fourth-order valence-electron chi connectivity index (χ4n) is 1.65. The number of ether oxygens (including phenoxy) is 6. The summed E-state index contributed by atoms with van der Waals surface area (Å²) >= 11 is 0. The van der Waals surface area contributed by atoms with Gasteiger partial charge in [-0.3, -0.25) is 0 Å². The summed E-state index contributed by atoms with van der Waals surface area (Å²) in [5, 5.41) is 0. The lowest BCUT2D eigenvalue weighted by Crippen LogP contribution is -2.21. The van der Waals surface area contributed by atoms with Crippen LogP contribution in [0.4, 0.5) is 0 Å². The molecule has 0 aromatic heterocycles. The largest absolute Gasteiger partial charge is 0.462 e. The van der Waals surface area contributed by atoms with E-state index in [0.717, 1.165) is 18.9 Å². The molecule has 0 aromatic carbocycles. The van der Waals surface area contributed by atoms with E-state index in [1.807, 2.05) is 13.8 Å². The number of rotatable bonds is 16. The van der Waals surface area contributed by atoms with E-state index in [0.29, 0.717) is 37.6 Å². The first kappa shape index (κ1) is 35.3. The summed E-state index contributed by atoms with van der Waals surface area (Å²) in [7, 11) is 4.07. The first-order valence-electron chi connectivity index (χ1n) is 11.0. The second kappa shape index (κ2) is 27.7. The summed E-state index contributed by atoms with van der Waals surface area (Å²) in [4.78, 5) is 21.7. The smallest absolute Gasteiger partial charge is 0.333 e. The molecule has 0 aliphatic rings. The molecule has 32 heavy (non-hydrogen) atoms. The van der Waals surface area contributed by atoms with Gasteiger partial charge in [0.25, 0.3) is 0 Å². The molecule has 8 nitrogen and oxygen atoms in total. The van der Waals surface area contributed by atoms with Crippen LogP contribution in [0.1, 0.15) is 40.5 Å². The normalized spacial score (nSPS) is 10.2. The molecule has 0 fully saturated rings. The van der Waals surface area contributed by atoms with Crippen LogP contribution in [0.3, 0.4) is 0 Å². The summed E-state index contributed by atoms with van der Waals surface area (Å²) in [5.41, 5.74) is 0.923. The zero-order valence-corrected chi connectivity index (χ0v) is 24.6. The van der Waals surface area contributed by atoms with E-state index in [-0.39, 0.29) is 17.9 Å². The van der Waals surface area contributed by atoms with E-state index in [9.17, 15) is 9.59 Å². The third-order valence-electron chi connectivity index (χ3n) is 3.49. The van der Waals surface area contributed by atoms with E-state index in [1.54, 1.807) is 28.1 Å². The molecule has 0 amide bonds. The summed E-state index contributed by atoms with van der Waals surface area (Å²) in [6, 6.07) is 2.22. The van der Waals surface area contributed by atoms with E-state index < -0.39 is 9.52 Å². The summed E-state index contributed by atoms with van der Waals surface area (Å²) in [6.07, 6.45) is 1.86. The molecule has 0 heterocycles. The number of hydrogen-bond acceptors (Lipinski definition) is 8. The van der Waals surface area contributed by atoms with E-state index in [1.165, 1.54) is 23.1 Å². The third-order valence-corrected chi connectivity index (χ3v) is 6.24. The molecule has 0 saturated heterocycles. The highest BCUT2D eigenvalue weighted by molar-refractivity contribution is 6.36. The third kappa shape index (κ3) is 28.7. The second-order valence-electron chi connectivity index (χ2n) is 6.59. The van der Waals surface area contributed by atoms with Gasteiger partial charge in [-0.25, -0.2) is 9.59 Å². The molecule has 0 atom stereocenters. The van der Waals surface area contributed by atoms with Crippen LogP contribution < -0.4 is 0 Å². The van der Waals surface area contributed by atoms with Crippen molar-refractivity contribution in [3.05, 3.63) is 31.1 Å². The van der Waals surface area contributed by atoms with Gasteiger partial charge in [0.15, 0.2) is 0 Å². The van der Waals surface area contributed by atoms with E-state index >= 15 is 0 Å². The van der Waals surface area contributed by atoms with E-state index in [4.69, 9.17) is 28.4 Å². The average molecular weight is 494 g/mol. The van der Waals surface area contributed by atoms with Crippen LogP contribution in [0.2, 0.25) is 12.1 Å². The Kier molecular flexibility index (Phi) is 30.6. The van der Waals surface area contributed by atoms with Crippen LogP contribution >= 0.6 is 0 Å². The van der Waals surface area contributed by atoms with Crippen LogP contribution in [0.15, 0.2) is 24.3 Å². The first-order valence-corrected chi connectivity index (χ1v) is 14.2. The van der Waals surface area contributed by atoms with Crippen LogP contribution in [0, 0.1) is 6.79 Å². The van der Waals surface area contributed by atoms with Crippen molar-refractivity contribution in [3.63, 3.8) is 0 Å². The lowest BCUT2D eigenvalue weighted by atomic mass is 10.4. The standard InChI is InChI=1S/C10H20O4Si.C7H14O2Si.C5H11O2/c1-8(2)9(11)14-6-5-7-15-10(12-3)13-4;1-6(2)7(8)9-4-3-5-10;1-3-6-5-7-4-2/h10H,1,5-7,15H2,2-4H3;1,3-5H2,2,10H3;5H,3-4H2,1-2H3. The van der Waals surface area contributed by atoms with Crippen LogP contribution in [-0.4, -0.2) is 78.3 Å². The Hall–Kier alpha value is -1.31. The number of carbonyl (C=O) groups excluding carboxylic acids is 2. The van der Waals surface area contributed by atoms with Gasteiger partial charge in [0, 0.05) is 48.8 Å². The van der Waals surface area contributed by atoms with Crippen LogP contribution in [-0.2, 0) is 38.0 Å². The maximum absolute atomic E-state index is 11.0. The first-order chi connectivity index (χ1) is 15.2. The lowest BCUT2D eigenvalue weighted by Gasteiger charge is -2.12. The molecule has 10 heteroatoms. The molecule has 0 bridgehead atoms. The Bertz CT molecular complexity index is 479.